The van der Waals surface area contributed by atoms with Gasteiger partial charge in [-0.15, -0.1) is 0 Å². The van der Waals surface area contributed by atoms with Gasteiger partial charge in [-0.2, -0.15) is 0 Å². The van der Waals surface area contributed by atoms with Crippen LogP contribution in [0.15, 0.2) is 36.4 Å². The number of esters is 3. The topological polar surface area (TPSA) is 78.9 Å². The number of aryl methyl sites for hydroxylation is 1. The van der Waals surface area contributed by atoms with Gasteiger partial charge in [-0.1, -0.05) is 24.3 Å². The number of rotatable bonds is 6. The third kappa shape index (κ3) is 5.90. The van der Waals surface area contributed by atoms with Gasteiger partial charge in [0.2, 0.25) is 0 Å². The van der Waals surface area contributed by atoms with E-state index in [2.05, 4.69) is 16.1 Å². The SMILES string of the molecule is C=C(CC(=O)Oc1ccc(C)cc1)C(=O)OCC(=O)OC. The smallest absolute Gasteiger partial charge is 0.344 e. The van der Waals surface area contributed by atoms with Gasteiger partial charge in [0.15, 0.2) is 6.61 Å². The van der Waals surface area contributed by atoms with E-state index in [0.29, 0.717) is 5.75 Å². The summed E-state index contributed by atoms with van der Waals surface area (Å²) in [4.78, 5) is 33.9. The zero-order chi connectivity index (χ0) is 15.8. The average molecular weight is 292 g/mol. The van der Waals surface area contributed by atoms with Gasteiger partial charge in [0.05, 0.1) is 13.5 Å². The van der Waals surface area contributed by atoms with Crippen LogP contribution in [-0.4, -0.2) is 31.6 Å². The molecule has 0 spiro atoms. The molecule has 0 aliphatic heterocycles. The molecule has 6 heteroatoms. The minimum Gasteiger partial charge on any atom is -0.466 e. The highest BCUT2D eigenvalue weighted by atomic mass is 16.6. The number of carbonyl (C=O) groups is 3. The Morgan fingerprint density at radius 1 is 1.10 bits per heavy atom. The first-order chi connectivity index (χ1) is 9.92. The molecule has 0 saturated carbocycles. The van der Waals surface area contributed by atoms with E-state index >= 15 is 0 Å². The minimum absolute atomic E-state index is 0.101. The Hall–Kier alpha value is -2.63. The summed E-state index contributed by atoms with van der Waals surface area (Å²) >= 11 is 0. The lowest BCUT2D eigenvalue weighted by Gasteiger charge is -2.07. The van der Waals surface area contributed by atoms with Crippen LogP contribution < -0.4 is 4.74 Å². The Balaban J connectivity index is 2.43. The molecule has 0 amide bonds. The van der Waals surface area contributed by atoms with Crippen molar-refractivity contribution in [3.8, 4) is 5.75 Å². The third-order valence-corrected chi connectivity index (χ3v) is 2.45. The number of hydrogen-bond donors (Lipinski definition) is 0. The van der Waals surface area contributed by atoms with E-state index in [-0.39, 0.29) is 12.0 Å². The summed E-state index contributed by atoms with van der Waals surface area (Å²) in [5.41, 5.74) is 0.932. The van der Waals surface area contributed by atoms with Crippen LogP contribution in [0.3, 0.4) is 0 Å². The lowest BCUT2D eigenvalue weighted by Crippen LogP contribution is -2.18. The van der Waals surface area contributed by atoms with Crippen molar-refractivity contribution in [2.45, 2.75) is 13.3 Å². The second-order valence-electron chi connectivity index (χ2n) is 4.22. The van der Waals surface area contributed by atoms with Gasteiger partial charge in [-0.25, -0.2) is 9.59 Å². The molecule has 0 aliphatic carbocycles. The molecular weight excluding hydrogens is 276 g/mol. The first-order valence-corrected chi connectivity index (χ1v) is 6.11. The number of methoxy groups -OCH3 is 1. The van der Waals surface area contributed by atoms with Gasteiger partial charge in [0.25, 0.3) is 0 Å². The van der Waals surface area contributed by atoms with Crippen molar-refractivity contribution in [3.05, 3.63) is 42.0 Å². The van der Waals surface area contributed by atoms with Crippen LogP contribution in [0.4, 0.5) is 0 Å². The second kappa shape index (κ2) is 7.84. The maximum absolute atomic E-state index is 11.6. The molecule has 1 aromatic rings. The van der Waals surface area contributed by atoms with Crippen LogP contribution in [0.2, 0.25) is 0 Å². The van der Waals surface area contributed by atoms with Gasteiger partial charge in [0.1, 0.15) is 5.75 Å². The van der Waals surface area contributed by atoms with Gasteiger partial charge < -0.3 is 14.2 Å². The average Bonchev–Trinajstić information content (AvgIpc) is 2.46. The van der Waals surface area contributed by atoms with Crippen LogP contribution >= 0.6 is 0 Å². The molecule has 112 valence electrons. The molecule has 0 fully saturated rings. The van der Waals surface area contributed by atoms with Crippen LogP contribution in [0.5, 0.6) is 5.75 Å². The summed E-state index contributed by atoms with van der Waals surface area (Å²) in [5, 5.41) is 0. The number of ether oxygens (including phenoxy) is 3. The summed E-state index contributed by atoms with van der Waals surface area (Å²) in [5.74, 6) is -1.81. The monoisotopic (exact) mass is 292 g/mol. The van der Waals surface area contributed by atoms with Gasteiger partial charge >= 0.3 is 17.9 Å². The highest BCUT2D eigenvalue weighted by molar-refractivity contribution is 5.94. The minimum atomic E-state index is -0.846. The molecule has 0 heterocycles. The maximum Gasteiger partial charge on any atom is 0.344 e. The van der Waals surface area contributed by atoms with Crippen LogP contribution in [-0.2, 0) is 23.9 Å². The molecule has 0 saturated heterocycles. The fourth-order valence-corrected chi connectivity index (χ4v) is 1.31. The van der Waals surface area contributed by atoms with Crippen molar-refractivity contribution < 1.29 is 28.6 Å². The molecule has 6 nitrogen and oxygen atoms in total. The van der Waals surface area contributed by atoms with Crippen LogP contribution in [0, 0.1) is 6.92 Å². The van der Waals surface area contributed by atoms with Crippen LogP contribution in [0.1, 0.15) is 12.0 Å². The van der Waals surface area contributed by atoms with E-state index in [1.54, 1.807) is 24.3 Å². The predicted octanol–water partition coefficient (Wildman–Crippen LogP) is 1.56. The molecule has 0 N–H and O–H groups in total. The van der Waals surface area contributed by atoms with Crippen molar-refractivity contribution in [2.75, 3.05) is 13.7 Å². The van der Waals surface area contributed by atoms with E-state index < -0.39 is 24.5 Å². The Labute approximate surface area is 122 Å². The molecule has 0 aliphatic rings. The first kappa shape index (κ1) is 16.4. The number of hydrogen-bond acceptors (Lipinski definition) is 6. The molecule has 21 heavy (non-hydrogen) atoms. The summed E-state index contributed by atoms with van der Waals surface area (Å²) in [6.07, 6.45) is -0.326. The molecule has 0 radical (unpaired) electrons. The van der Waals surface area contributed by atoms with E-state index in [0.717, 1.165) is 5.56 Å². The zero-order valence-corrected chi connectivity index (χ0v) is 11.9. The van der Waals surface area contributed by atoms with Crippen molar-refractivity contribution in [1.82, 2.24) is 0 Å². The fourth-order valence-electron chi connectivity index (χ4n) is 1.31. The Bertz CT molecular complexity index is 544. The molecule has 0 aromatic heterocycles. The Kier molecular flexibility index (Phi) is 6.13. The Morgan fingerprint density at radius 2 is 1.71 bits per heavy atom. The zero-order valence-electron chi connectivity index (χ0n) is 11.9. The molecule has 0 bridgehead atoms. The summed E-state index contributed by atoms with van der Waals surface area (Å²) in [6, 6.07) is 6.88. The highest BCUT2D eigenvalue weighted by Crippen LogP contribution is 2.13. The van der Waals surface area contributed by atoms with Gasteiger partial charge in [0, 0.05) is 5.57 Å². The molecular formula is C15H16O6. The summed E-state index contributed by atoms with van der Waals surface area (Å²) in [7, 11) is 1.17. The molecule has 1 aromatic carbocycles. The second-order valence-corrected chi connectivity index (χ2v) is 4.22. The quantitative estimate of drug-likeness (QED) is 0.450. The molecule has 0 unspecified atom stereocenters. The largest absolute Gasteiger partial charge is 0.466 e. The fraction of sp³-hybridized carbons (Fsp3) is 0.267. The van der Waals surface area contributed by atoms with Crippen molar-refractivity contribution >= 4 is 17.9 Å². The van der Waals surface area contributed by atoms with Crippen molar-refractivity contribution in [3.63, 3.8) is 0 Å². The van der Waals surface area contributed by atoms with Gasteiger partial charge in [-0.3, -0.25) is 4.79 Å². The van der Waals surface area contributed by atoms with E-state index in [1.807, 2.05) is 6.92 Å². The highest BCUT2D eigenvalue weighted by Gasteiger charge is 2.16. The predicted molar refractivity (Wildman–Crippen MR) is 73.5 cm³/mol. The van der Waals surface area contributed by atoms with E-state index in [9.17, 15) is 14.4 Å². The lowest BCUT2D eigenvalue weighted by molar-refractivity contribution is -0.154. The normalized spacial score (nSPS) is 9.62. The first-order valence-electron chi connectivity index (χ1n) is 6.11. The lowest BCUT2D eigenvalue weighted by atomic mass is 10.2. The third-order valence-electron chi connectivity index (χ3n) is 2.45. The summed E-state index contributed by atoms with van der Waals surface area (Å²) < 4.78 is 14.0. The van der Waals surface area contributed by atoms with Crippen molar-refractivity contribution in [1.29, 1.82) is 0 Å². The maximum atomic E-state index is 11.6. The standard InChI is InChI=1S/C15H16O6/c1-10-4-6-12(7-5-10)21-13(16)8-11(2)15(18)20-9-14(17)19-3/h4-7H,2,8-9H2,1,3H3. The number of benzene rings is 1. The van der Waals surface area contributed by atoms with E-state index in [1.165, 1.54) is 7.11 Å². The van der Waals surface area contributed by atoms with Crippen LogP contribution in [0.25, 0.3) is 0 Å². The summed E-state index contributed by atoms with van der Waals surface area (Å²) in [6.45, 7) is 4.81. The van der Waals surface area contributed by atoms with Crippen molar-refractivity contribution in [2.24, 2.45) is 0 Å². The van der Waals surface area contributed by atoms with Gasteiger partial charge in [-0.05, 0) is 19.1 Å². The molecule has 1 rings (SSSR count). The number of carbonyl (C=O) groups excluding carboxylic acids is 3. The Morgan fingerprint density at radius 3 is 2.29 bits per heavy atom. The molecule has 0 atom stereocenters. The van der Waals surface area contributed by atoms with E-state index in [4.69, 9.17) is 4.74 Å².